The molecule has 0 radical (unpaired) electrons. The van der Waals surface area contributed by atoms with Crippen LogP contribution >= 0.6 is 0 Å². The fourth-order valence-corrected chi connectivity index (χ4v) is 0.896. The van der Waals surface area contributed by atoms with Crippen molar-refractivity contribution in [1.29, 1.82) is 0 Å². The van der Waals surface area contributed by atoms with Crippen LogP contribution in [0.15, 0.2) is 0 Å². The summed E-state index contributed by atoms with van der Waals surface area (Å²) in [5.74, 6) is 0. The van der Waals surface area contributed by atoms with Crippen molar-refractivity contribution < 1.29 is 14.9 Å². The Kier molecular flexibility index (Phi) is 6.51. The molecule has 3 heteroatoms. The summed E-state index contributed by atoms with van der Waals surface area (Å²) in [5, 5.41) is 17.1. The lowest BCUT2D eigenvalue weighted by molar-refractivity contribution is -0.0138. The third-order valence-corrected chi connectivity index (χ3v) is 1.54. The zero-order valence-electron chi connectivity index (χ0n) is 7.29. The van der Waals surface area contributed by atoms with Gasteiger partial charge in [-0.1, -0.05) is 0 Å². The summed E-state index contributed by atoms with van der Waals surface area (Å²) >= 11 is 0. The summed E-state index contributed by atoms with van der Waals surface area (Å²) in [5.41, 5.74) is 0. The second-order valence-corrected chi connectivity index (χ2v) is 2.78. The number of hydrogen-bond donors (Lipinski definition) is 2. The summed E-state index contributed by atoms with van der Waals surface area (Å²) in [4.78, 5) is 0. The van der Waals surface area contributed by atoms with E-state index in [1.165, 1.54) is 0 Å². The highest BCUT2D eigenvalue weighted by atomic mass is 16.5. The topological polar surface area (TPSA) is 49.7 Å². The van der Waals surface area contributed by atoms with Crippen LogP contribution in [0.3, 0.4) is 0 Å². The molecule has 3 nitrogen and oxygen atoms in total. The van der Waals surface area contributed by atoms with Gasteiger partial charge in [0.1, 0.15) is 0 Å². The van der Waals surface area contributed by atoms with Crippen LogP contribution in [0.2, 0.25) is 0 Å². The van der Waals surface area contributed by atoms with Gasteiger partial charge in [-0.05, 0) is 26.7 Å². The van der Waals surface area contributed by atoms with Gasteiger partial charge < -0.3 is 14.9 Å². The third-order valence-electron chi connectivity index (χ3n) is 1.54. The number of hydrogen-bond acceptors (Lipinski definition) is 3. The van der Waals surface area contributed by atoms with E-state index in [1.807, 2.05) is 13.8 Å². The Hall–Kier alpha value is -0.120. The van der Waals surface area contributed by atoms with Crippen molar-refractivity contribution in [3.8, 4) is 0 Å². The van der Waals surface area contributed by atoms with Gasteiger partial charge >= 0.3 is 0 Å². The molecule has 0 saturated carbocycles. The van der Waals surface area contributed by atoms with E-state index >= 15 is 0 Å². The molecule has 0 amide bonds. The molecular weight excluding hydrogens is 144 g/mol. The molecule has 0 fully saturated rings. The molecule has 0 bridgehead atoms. The maximum absolute atomic E-state index is 8.55. The minimum atomic E-state index is 0.0848. The van der Waals surface area contributed by atoms with Gasteiger partial charge in [-0.15, -0.1) is 0 Å². The highest BCUT2D eigenvalue weighted by Crippen LogP contribution is 2.04. The molecule has 0 aromatic carbocycles. The fraction of sp³-hybridized carbons (Fsp3) is 1.00. The van der Waals surface area contributed by atoms with Gasteiger partial charge in [-0.3, -0.25) is 0 Å². The van der Waals surface area contributed by atoms with Gasteiger partial charge in [0, 0.05) is 13.2 Å². The van der Waals surface area contributed by atoms with Crippen molar-refractivity contribution in [1.82, 2.24) is 0 Å². The van der Waals surface area contributed by atoms with Gasteiger partial charge in [0.25, 0.3) is 0 Å². The summed E-state index contributed by atoms with van der Waals surface area (Å²) < 4.78 is 5.41. The lowest BCUT2D eigenvalue weighted by atomic mass is 10.2. The van der Waals surface area contributed by atoms with E-state index in [-0.39, 0.29) is 25.4 Å². The molecule has 0 heterocycles. The maximum atomic E-state index is 8.55. The molecule has 11 heavy (non-hydrogen) atoms. The molecule has 0 aliphatic carbocycles. The van der Waals surface area contributed by atoms with E-state index in [4.69, 9.17) is 14.9 Å². The largest absolute Gasteiger partial charge is 0.396 e. The molecule has 0 aliphatic rings. The molecular formula is C8H18O3. The standard InChI is InChI=1S/C8H18O3/c1-7(3-5-9)11-8(2)4-6-10/h7-10H,3-6H2,1-2H3. The van der Waals surface area contributed by atoms with Gasteiger partial charge in [0.05, 0.1) is 12.2 Å². The van der Waals surface area contributed by atoms with Crippen molar-refractivity contribution >= 4 is 0 Å². The Balaban J connectivity index is 3.32. The van der Waals surface area contributed by atoms with Crippen molar-refractivity contribution in [3.63, 3.8) is 0 Å². The minimum absolute atomic E-state index is 0.0848. The van der Waals surface area contributed by atoms with Crippen LogP contribution in [0.5, 0.6) is 0 Å². The van der Waals surface area contributed by atoms with Crippen LogP contribution in [0.1, 0.15) is 26.7 Å². The molecule has 68 valence electrons. The Morgan fingerprint density at radius 2 is 1.36 bits per heavy atom. The number of aliphatic hydroxyl groups is 2. The Bertz CT molecular complexity index is 75.4. The Labute approximate surface area is 68.0 Å². The first-order valence-corrected chi connectivity index (χ1v) is 4.08. The normalized spacial score (nSPS) is 16.4. The Morgan fingerprint density at radius 1 is 1.00 bits per heavy atom. The zero-order valence-corrected chi connectivity index (χ0v) is 7.29. The van der Waals surface area contributed by atoms with E-state index in [0.717, 1.165) is 0 Å². The van der Waals surface area contributed by atoms with Gasteiger partial charge in [-0.2, -0.15) is 0 Å². The fourth-order valence-electron chi connectivity index (χ4n) is 0.896. The second-order valence-electron chi connectivity index (χ2n) is 2.78. The van der Waals surface area contributed by atoms with E-state index in [9.17, 15) is 0 Å². The predicted molar refractivity (Wildman–Crippen MR) is 43.4 cm³/mol. The van der Waals surface area contributed by atoms with Crippen LogP contribution in [-0.2, 0) is 4.74 Å². The van der Waals surface area contributed by atoms with Gasteiger partial charge in [0.2, 0.25) is 0 Å². The molecule has 2 N–H and O–H groups in total. The number of aliphatic hydroxyl groups excluding tert-OH is 2. The first-order chi connectivity index (χ1) is 5.20. The summed E-state index contributed by atoms with van der Waals surface area (Å²) in [6.45, 7) is 4.16. The molecule has 2 unspecified atom stereocenters. The highest BCUT2D eigenvalue weighted by Gasteiger charge is 2.06. The van der Waals surface area contributed by atoms with Crippen LogP contribution in [0, 0.1) is 0 Å². The molecule has 0 saturated heterocycles. The molecule has 0 aliphatic heterocycles. The van der Waals surface area contributed by atoms with Crippen LogP contribution in [0.25, 0.3) is 0 Å². The minimum Gasteiger partial charge on any atom is -0.396 e. The molecule has 0 rings (SSSR count). The van der Waals surface area contributed by atoms with E-state index in [2.05, 4.69) is 0 Å². The monoisotopic (exact) mass is 162 g/mol. The van der Waals surface area contributed by atoms with E-state index < -0.39 is 0 Å². The third kappa shape index (κ3) is 6.28. The quantitative estimate of drug-likeness (QED) is 0.599. The first-order valence-electron chi connectivity index (χ1n) is 4.08. The summed E-state index contributed by atoms with van der Waals surface area (Å²) in [6.07, 6.45) is 1.49. The average Bonchev–Trinajstić information content (AvgIpc) is 1.87. The molecule has 0 aromatic heterocycles. The van der Waals surface area contributed by atoms with Crippen LogP contribution in [-0.4, -0.2) is 35.6 Å². The summed E-state index contributed by atoms with van der Waals surface area (Å²) in [7, 11) is 0. The van der Waals surface area contributed by atoms with Crippen molar-refractivity contribution in [3.05, 3.63) is 0 Å². The highest BCUT2D eigenvalue weighted by molar-refractivity contribution is 4.54. The van der Waals surface area contributed by atoms with Crippen molar-refractivity contribution in [2.75, 3.05) is 13.2 Å². The van der Waals surface area contributed by atoms with Gasteiger partial charge in [-0.25, -0.2) is 0 Å². The molecule has 2 atom stereocenters. The van der Waals surface area contributed by atoms with Crippen LogP contribution in [0.4, 0.5) is 0 Å². The van der Waals surface area contributed by atoms with E-state index in [1.54, 1.807) is 0 Å². The van der Waals surface area contributed by atoms with E-state index in [0.29, 0.717) is 12.8 Å². The molecule has 0 aromatic rings. The van der Waals surface area contributed by atoms with Crippen molar-refractivity contribution in [2.24, 2.45) is 0 Å². The number of rotatable bonds is 6. The second kappa shape index (κ2) is 6.58. The SMILES string of the molecule is CC(CCO)OC(C)CCO. The summed E-state index contributed by atoms with van der Waals surface area (Å²) in [6, 6.07) is 0. The van der Waals surface area contributed by atoms with Crippen molar-refractivity contribution in [2.45, 2.75) is 38.9 Å². The van der Waals surface area contributed by atoms with Crippen LogP contribution < -0.4 is 0 Å². The smallest absolute Gasteiger partial charge is 0.0572 e. The number of ether oxygens (including phenoxy) is 1. The lowest BCUT2D eigenvalue weighted by Crippen LogP contribution is -2.19. The first kappa shape index (κ1) is 10.9. The zero-order chi connectivity index (χ0) is 8.69. The maximum Gasteiger partial charge on any atom is 0.0572 e. The Morgan fingerprint density at radius 3 is 1.64 bits per heavy atom. The molecule has 0 spiro atoms. The predicted octanol–water partition coefficient (Wildman–Crippen LogP) is 0.545. The average molecular weight is 162 g/mol. The lowest BCUT2D eigenvalue weighted by Gasteiger charge is -2.17. The van der Waals surface area contributed by atoms with Gasteiger partial charge in [0.15, 0.2) is 0 Å².